The zero-order valence-corrected chi connectivity index (χ0v) is 11.1. The fourth-order valence-electron chi connectivity index (χ4n) is 3.94. The third kappa shape index (κ3) is 1.48. The van der Waals surface area contributed by atoms with Gasteiger partial charge in [0.15, 0.2) is 0 Å². The van der Waals surface area contributed by atoms with Crippen LogP contribution in [0.5, 0.6) is 0 Å². The molecule has 16 heavy (non-hydrogen) atoms. The molecule has 1 N–H and O–H groups in total. The molecule has 2 rings (SSSR count). The number of oxime groups is 1. The second-order valence-corrected chi connectivity index (χ2v) is 6.45. The van der Waals surface area contributed by atoms with E-state index in [0.29, 0.717) is 29.1 Å². The van der Waals surface area contributed by atoms with E-state index in [1.165, 1.54) is 6.42 Å². The lowest BCUT2D eigenvalue weighted by atomic mass is 9.64. The predicted octanol–water partition coefficient (Wildman–Crippen LogP) is 2.31. The first kappa shape index (κ1) is 11.9. The molecule has 3 nitrogen and oxygen atoms in total. The normalized spacial score (nSPS) is 43.5. The molecule has 2 aliphatic rings. The van der Waals surface area contributed by atoms with E-state index in [1.54, 1.807) is 0 Å². The van der Waals surface area contributed by atoms with E-state index in [2.05, 4.69) is 44.9 Å². The van der Waals surface area contributed by atoms with Crippen molar-refractivity contribution < 1.29 is 5.21 Å². The minimum absolute atomic E-state index is 0.388. The van der Waals surface area contributed by atoms with Crippen molar-refractivity contribution in [1.82, 2.24) is 4.90 Å². The highest BCUT2D eigenvalue weighted by molar-refractivity contribution is 5.92. The Morgan fingerprint density at radius 3 is 2.56 bits per heavy atom. The Kier molecular flexibility index (Phi) is 2.77. The Hall–Kier alpha value is -0.570. The lowest BCUT2D eigenvalue weighted by molar-refractivity contribution is 0.128. The number of hydrogen-bond acceptors (Lipinski definition) is 3. The first-order valence-corrected chi connectivity index (χ1v) is 6.26. The van der Waals surface area contributed by atoms with Crippen LogP contribution in [0.25, 0.3) is 0 Å². The second-order valence-electron chi connectivity index (χ2n) is 6.45. The Morgan fingerprint density at radius 2 is 2.06 bits per heavy atom. The molecule has 0 aliphatic heterocycles. The van der Waals surface area contributed by atoms with Crippen LogP contribution in [-0.2, 0) is 0 Å². The largest absolute Gasteiger partial charge is 0.411 e. The molecule has 0 aromatic rings. The highest BCUT2D eigenvalue weighted by Gasteiger charge is 2.58. The average Bonchev–Trinajstić information content (AvgIpc) is 2.63. The number of rotatable bonds is 2. The highest BCUT2D eigenvalue weighted by Crippen LogP contribution is 2.60. The fourth-order valence-corrected chi connectivity index (χ4v) is 3.94. The van der Waals surface area contributed by atoms with E-state index in [-0.39, 0.29) is 0 Å². The van der Waals surface area contributed by atoms with Crippen molar-refractivity contribution in [3.05, 3.63) is 0 Å². The Morgan fingerprint density at radius 1 is 1.44 bits per heavy atom. The molecule has 0 unspecified atom stereocenters. The first-order chi connectivity index (χ1) is 7.39. The van der Waals surface area contributed by atoms with Gasteiger partial charge in [-0.15, -0.1) is 0 Å². The lowest BCUT2D eigenvalue weighted by Crippen LogP contribution is -2.43. The van der Waals surface area contributed by atoms with Gasteiger partial charge in [0.2, 0.25) is 0 Å². The molecule has 4 atom stereocenters. The van der Waals surface area contributed by atoms with Crippen LogP contribution in [0, 0.1) is 29.1 Å². The smallest absolute Gasteiger partial charge is 0.0651 e. The van der Waals surface area contributed by atoms with Gasteiger partial charge < -0.3 is 10.1 Å². The summed E-state index contributed by atoms with van der Waals surface area (Å²) < 4.78 is 0. The molecule has 2 saturated carbocycles. The van der Waals surface area contributed by atoms with E-state index in [9.17, 15) is 5.21 Å². The van der Waals surface area contributed by atoms with E-state index < -0.39 is 0 Å². The van der Waals surface area contributed by atoms with Crippen molar-refractivity contribution in [2.45, 2.75) is 27.2 Å². The zero-order chi connectivity index (χ0) is 12.1. The van der Waals surface area contributed by atoms with Crippen LogP contribution in [0.2, 0.25) is 0 Å². The van der Waals surface area contributed by atoms with Gasteiger partial charge in [0.05, 0.1) is 5.71 Å². The van der Waals surface area contributed by atoms with Crippen LogP contribution in [0.15, 0.2) is 5.16 Å². The summed E-state index contributed by atoms with van der Waals surface area (Å²) in [6.45, 7) is 8.07. The van der Waals surface area contributed by atoms with Gasteiger partial charge in [-0.2, -0.15) is 0 Å². The molecule has 0 aromatic carbocycles. The minimum atomic E-state index is 0.388. The van der Waals surface area contributed by atoms with Gasteiger partial charge in [-0.05, 0) is 37.8 Å². The molecule has 0 spiro atoms. The molecule has 2 fully saturated rings. The second kappa shape index (κ2) is 3.73. The van der Waals surface area contributed by atoms with Gasteiger partial charge in [0.25, 0.3) is 0 Å². The molecular weight excluding hydrogens is 200 g/mol. The molecular formula is C13H24N2O. The highest BCUT2D eigenvalue weighted by atomic mass is 16.4. The first-order valence-electron chi connectivity index (χ1n) is 6.26. The van der Waals surface area contributed by atoms with Crippen molar-refractivity contribution in [1.29, 1.82) is 0 Å². The maximum Gasteiger partial charge on any atom is 0.0651 e. The summed E-state index contributed by atoms with van der Waals surface area (Å²) in [7, 11) is 4.19. The van der Waals surface area contributed by atoms with Crippen LogP contribution >= 0.6 is 0 Å². The summed E-state index contributed by atoms with van der Waals surface area (Å²) in [5, 5.41) is 12.8. The van der Waals surface area contributed by atoms with Crippen LogP contribution in [0.4, 0.5) is 0 Å². The summed E-state index contributed by atoms with van der Waals surface area (Å²) in [6, 6.07) is 0. The standard InChI is InChI=1S/C13H24N2O/c1-8-9-6-11(13(8,2)3)10(7-15(4)5)12(9)14-16/h8-11,16H,6-7H2,1-5H3/b14-12-/t8-,9+,10+,11+/m0/s1. The number of hydrogen-bond donors (Lipinski definition) is 1. The number of nitrogens with zero attached hydrogens (tertiary/aromatic N) is 2. The van der Waals surface area contributed by atoms with Gasteiger partial charge in [0.1, 0.15) is 0 Å². The van der Waals surface area contributed by atoms with E-state index in [4.69, 9.17) is 0 Å². The van der Waals surface area contributed by atoms with Crippen LogP contribution in [-0.4, -0.2) is 36.5 Å². The summed E-state index contributed by atoms with van der Waals surface area (Å²) in [4.78, 5) is 2.21. The quantitative estimate of drug-likeness (QED) is 0.577. The zero-order valence-electron chi connectivity index (χ0n) is 11.1. The van der Waals surface area contributed by atoms with Gasteiger partial charge in [-0.3, -0.25) is 0 Å². The molecule has 92 valence electrons. The Balaban J connectivity index is 2.27. The Bertz CT molecular complexity index is 309. The van der Waals surface area contributed by atoms with Crippen molar-refractivity contribution in [2.24, 2.45) is 34.2 Å². The third-order valence-electron chi connectivity index (χ3n) is 5.16. The molecule has 0 radical (unpaired) electrons. The Labute approximate surface area is 98.5 Å². The van der Waals surface area contributed by atoms with Crippen molar-refractivity contribution in [3.8, 4) is 0 Å². The fraction of sp³-hybridized carbons (Fsp3) is 0.923. The van der Waals surface area contributed by atoms with E-state index >= 15 is 0 Å². The van der Waals surface area contributed by atoms with Crippen molar-refractivity contribution in [3.63, 3.8) is 0 Å². The summed E-state index contributed by atoms with van der Waals surface area (Å²) in [5.41, 5.74) is 1.45. The molecule has 2 aliphatic carbocycles. The van der Waals surface area contributed by atoms with E-state index in [0.717, 1.165) is 12.3 Å². The molecule has 2 bridgehead atoms. The van der Waals surface area contributed by atoms with Crippen molar-refractivity contribution in [2.75, 3.05) is 20.6 Å². The van der Waals surface area contributed by atoms with E-state index in [1.807, 2.05) is 0 Å². The lowest BCUT2D eigenvalue weighted by Gasteiger charge is -2.41. The summed E-state index contributed by atoms with van der Waals surface area (Å²) in [6.07, 6.45) is 1.21. The minimum Gasteiger partial charge on any atom is -0.411 e. The molecule has 3 heteroatoms. The molecule has 0 aromatic heterocycles. The maximum absolute atomic E-state index is 9.23. The summed E-state index contributed by atoms with van der Waals surface area (Å²) in [5.74, 6) is 2.29. The molecule has 0 amide bonds. The van der Waals surface area contributed by atoms with Gasteiger partial charge in [-0.25, -0.2) is 0 Å². The van der Waals surface area contributed by atoms with Crippen molar-refractivity contribution >= 4 is 5.71 Å². The predicted molar refractivity (Wildman–Crippen MR) is 65.8 cm³/mol. The average molecular weight is 224 g/mol. The van der Waals surface area contributed by atoms with Crippen LogP contribution < -0.4 is 0 Å². The SMILES string of the molecule is C[C@H]1[C@H]2C[C@H]([C@@H](CN(C)C)/C2=N\O)C1(C)C. The number of fused-ring (bicyclic) bond motifs is 2. The maximum atomic E-state index is 9.23. The van der Waals surface area contributed by atoms with Gasteiger partial charge >= 0.3 is 0 Å². The molecule has 0 saturated heterocycles. The topological polar surface area (TPSA) is 35.8 Å². The summed E-state index contributed by atoms with van der Waals surface area (Å²) >= 11 is 0. The van der Waals surface area contributed by atoms with Gasteiger partial charge in [-0.1, -0.05) is 25.9 Å². The van der Waals surface area contributed by atoms with Crippen LogP contribution in [0.1, 0.15) is 27.2 Å². The third-order valence-corrected chi connectivity index (χ3v) is 5.16. The van der Waals surface area contributed by atoms with Gasteiger partial charge in [0, 0.05) is 18.4 Å². The molecule has 0 heterocycles. The van der Waals surface area contributed by atoms with Crippen LogP contribution in [0.3, 0.4) is 0 Å². The monoisotopic (exact) mass is 224 g/mol.